The van der Waals surface area contributed by atoms with E-state index in [1.54, 1.807) is 12.1 Å². The molecule has 0 aliphatic carbocycles. The highest BCUT2D eigenvalue weighted by atomic mass is 35.5. The van der Waals surface area contributed by atoms with E-state index in [9.17, 15) is 8.78 Å². The molecule has 5 heteroatoms. The molecule has 0 fully saturated rings. The smallest absolute Gasteiger partial charge is 0.387 e. The van der Waals surface area contributed by atoms with Crippen LogP contribution in [0.3, 0.4) is 0 Å². The molecule has 0 amide bonds. The summed E-state index contributed by atoms with van der Waals surface area (Å²) in [6, 6.07) is 4.70. The average Bonchev–Trinajstić information content (AvgIpc) is 2.19. The molecule has 0 aliphatic rings. The number of hydrogen-bond donors (Lipinski definition) is 1. The quantitative estimate of drug-likeness (QED) is 0.871. The van der Waals surface area contributed by atoms with Crippen molar-refractivity contribution in [1.82, 2.24) is 0 Å². The molecule has 0 radical (unpaired) electrons. The van der Waals surface area contributed by atoms with Gasteiger partial charge in [0.25, 0.3) is 0 Å². The van der Waals surface area contributed by atoms with Crippen molar-refractivity contribution in [1.29, 1.82) is 0 Å². The zero-order chi connectivity index (χ0) is 11.4. The van der Waals surface area contributed by atoms with Crippen LogP contribution in [0.15, 0.2) is 18.2 Å². The van der Waals surface area contributed by atoms with Crippen LogP contribution in [-0.2, 0) is 0 Å². The second-order valence-electron chi connectivity index (χ2n) is 3.21. The molecule has 84 valence electrons. The first-order chi connectivity index (χ1) is 7.04. The van der Waals surface area contributed by atoms with Crippen molar-refractivity contribution in [3.8, 4) is 5.75 Å². The minimum atomic E-state index is -2.86. The van der Waals surface area contributed by atoms with Gasteiger partial charge in [-0.3, -0.25) is 0 Å². The summed E-state index contributed by atoms with van der Waals surface area (Å²) in [7, 11) is 0. The fourth-order valence-electron chi connectivity index (χ4n) is 1.15. The molecule has 2 N–H and O–H groups in total. The summed E-state index contributed by atoms with van der Waals surface area (Å²) in [5.41, 5.74) is 6.39. The summed E-state index contributed by atoms with van der Waals surface area (Å²) in [5, 5.41) is 0.174. The SMILES string of the molecule is CC(CN)c1ccc(OC(F)F)c(Cl)c1. The minimum Gasteiger partial charge on any atom is -0.433 e. The molecule has 0 bridgehead atoms. The molecule has 1 rings (SSSR count). The molecule has 1 atom stereocenters. The fraction of sp³-hybridized carbons (Fsp3) is 0.400. The molecule has 15 heavy (non-hydrogen) atoms. The number of ether oxygens (including phenoxy) is 1. The third-order valence-electron chi connectivity index (χ3n) is 2.09. The van der Waals surface area contributed by atoms with Crippen LogP contribution in [0.5, 0.6) is 5.75 Å². The van der Waals surface area contributed by atoms with Crippen LogP contribution in [-0.4, -0.2) is 13.2 Å². The Morgan fingerprint density at radius 3 is 2.60 bits per heavy atom. The van der Waals surface area contributed by atoms with E-state index in [2.05, 4.69) is 4.74 Å². The largest absolute Gasteiger partial charge is 0.433 e. The lowest BCUT2D eigenvalue weighted by Gasteiger charge is -2.11. The summed E-state index contributed by atoms with van der Waals surface area (Å²) < 4.78 is 28.1. The summed E-state index contributed by atoms with van der Waals surface area (Å²) >= 11 is 5.78. The first kappa shape index (κ1) is 12.2. The second-order valence-corrected chi connectivity index (χ2v) is 3.61. The summed E-state index contributed by atoms with van der Waals surface area (Å²) in [5.74, 6) is 0.128. The van der Waals surface area contributed by atoms with Gasteiger partial charge < -0.3 is 10.5 Å². The summed E-state index contributed by atoms with van der Waals surface area (Å²) in [4.78, 5) is 0. The van der Waals surface area contributed by atoms with Crippen molar-refractivity contribution in [3.05, 3.63) is 28.8 Å². The number of alkyl halides is 2. The van der Waals surface area contributed by atoms with E-state index >= 15 is 0 Å². The Morgan fingerprint density at radius 1 is 1.47 bits per heavy atom. The Labute approximate surface area is 92.0 Å². The van der Waals surface area contributed by atoms with Gasteiger partial charge in [-0.2, -0.15) is 8.78 Å². The Balaban J connectivity index is 2.88. The molecule has 0 saturated carbocycles. The van der Waals surface area contributed by atoms with E-state index in [-0.39, 0.29) is 16.7 Å². The molecule has 0 heterocycles. The van der Waals surface area contributed by atoms with Gasteiger partial charge in [0.1, 0.15) is 5.75 Å². The first-order valence-electron chi connectivity index (χ1n) is 4.49. The van der Waals surface area contributed by atoms with Crippen molar-refractivity contribution in [2.45, 2.75) is 19.5 Å². The molecule has 0 aromatic heterocycles. The van der Waals surface area contributed by atoms with Crippen LogP contribution in [0.1, 0.15) is 18.4 Å². The molecule has 1 aromatic rings. The molecule has 1 unspecified atom stereocenters. The minimum absolute atomic E-state index is 0.0142. The van der Waals surface area contributed by atoms with E-state index in [0.29, 0.717) is 6.54 Å². The maximum absolute atomic E-state index is 11.9. The molecule has 2 nitrogen and oxygen atoms in total. The van der Waals surface area contributed by atoms with E-state index in [1.807, 2.05) is 6.92 Å². The lowest BCUT2D eigenvalue weighted by atomic mass is 10.0. The predicted octanol–water partition coefficient (Wildman–Crippen LogP) is 3.00. The Hall–Kier alpha value is -0.870. The van der Waals surface area contributed by atoms with Crippen molar-refractivity contribution in [3.63, 3.8) is 0 Å². The van der Waals surface area contributed by atoms with Crippen molar-refractivity contribution >= 4 is 11.6 Å². The van der Waals surface area contributed by atoms with Gasteiger partial charge >= 0.3 is 6.61 Å². The number of benzene rings is 1. The van der Waals surface area contributed by atoms with Crippen molar-refractivity contribution in [2.75, 3.05) is 6.54 Å². The van der Waals surface area contributed by atoms with Gasteiger partial charge in [0, 0.05) is 0 Å². The third kappa shape index (κ3) is 3.32. The van der Waals surface area contributed by atoms with E-state index in [0.717, 1.165) is 5.56 Å². The van der Waals surface area contributed by atoms with Crippen LogP contribution in [0.25, 0.3) is 0 Å². The van der Waals surface area contributed by atoms with Gasteiger partial charge in [0.05, 0.1) is 5.02 Å². The highest BCUT2D eigenvalue weighted by Crippen LogP contribution is 2.29. The van der Waals surface area contributed by atoms with Gasteiger partial charge in [-0.05, 0) is 30.2 Å². The average molecular weight is 236 g/mol. The highest BCUT2D eigenvalue weighted by Gasteiger charge is 2.11. The second kappa shape index (κ2) is 5.28. The van der Waals surface area contributed by atoms with Crippen LogP contribution in [0.4, 0.5) is 8.78 Å². The zero-order valence-electron chi connectivity index (χ0n) is 8.21. The topological polar surface area (TPSA) is 35.2 Å². The highest BCUT2D eigenvalue weighted by molar-refractivity contribution is 6.32. The lowest BCUT2D eigenvalue weighted by Crippen LogP contribution is -2.09. The molecular formula is C10H12ClF2NO. The van der Waals surface area contributed by atoms with Gasteiger partial charge in [0.2, 0.25) is 0 Å². The Morgan fingerprint density at radius 2 is 2.13 bits per heavy atom. The standard InChI is InChI=1S/C10H12ClF2NO/c1-6(5-14)7-2-3-9(8(11)4-7)15-10(12)13/h2-4,6,10H,5,14H2,1H3. The van der Waals surface area contributed by atoms with Crippen molar-refractivity contribution in [2.24, 2.45) is 5.73 Å². The summed E-state index contributed by atoms with van der Waals surface area (Å²) in [6.45, 7) is -0.453. The van der Waals surface area contributed by atoms with Gasteiger partial charge in [-0.25, -0.2) is 0 Å². The Bertz CT molecular complexity index is 333. The number of hydrogen-bond acceptors (Lipinski definition) is 2. The Kier molecular flexibility index (Phi) is 4.29. The normalized spacial score (nSPS) is 12.9. The van der Waals surface area contributed by atoms with Crippen LogP contribution in [0, 0.1) is 0 Å². The van der Waals surface area contributed by atoms with Crippen LogP contribution < -0.4 is 10.5 Å². The monoisotopic (exact) mass is 235 g/mol. The van der Waals surface area contributed by atoms with Crippen molar-refractivity contribution < 1.29 is 13.5 Å². The maximum atomic E-state index is 11.9. The van der Waals surface area contributed by atoms with Gasteiger partial charge in [-0.15, -0.1) is 0 Å². The van der Waals surface area contributed by atoms with Crippen LogP contribution in [0.2, 0.25) is 5.02 Å². The molecule has 0 spiro atoms. The first-order valence-corrected chi connectivity index (χ1v) is 4.86. The predicted molar refractivity (Wildman–Crippen MR) is 55.6 cm³/mol. The molecule has 0 saturated heterocycles. The fourth-order valence-corrected chi connectivity index (χ4v) is 1.38. The molecule has 0 aliphatic heterocycles. The zero-order valence-corrected chi connectivity index (χ0v) is 8.97. The van der Waals surface area contributed by atoms with Gasteiger partial charge in [-0.1, -0.05) is 24.6 Å². The lowest BCUT2D eigenvalue weighted by molar-refractivity contribution is -0.0497. The van der Waals surface area contributed by atoms with E-state index < -0.39 is 6.61 Å². The maximum Gasteiger partial charge on any atom is 0.387 e. The number of halogens is 3. The molecule has 1 aromatic carbocycles. The van der Waals surface area contributed by atoms with E-state index in [1.165, 1.54) is 6.07 Å². The summed E-state index contributed by atoms with van der Waals surface area (Å²) in [6.07, 6.45) is 0. The third-order valence-corrected chi connectivity index (χ3v) is 2.39. The molecular weight excluding hydrogens is 224 g/mol. The van der Waals surface area contributed by atoms with Gasteiger partial charge in [0.15, 0.2) is 0 Å². The van der Waals surface area contributed by atoms with E-state index in [4.69, 9.17) is 17.3 Å². The number of nitrogens with two attached hydrogens (primary N) is 1. The number of rotatable bonds is 4. The van der Waals surface area contributed by atoms with Crippen LogP contribution >= 0.6 is 11.6 Å².